The van der Waals surface area contributed by atoms with Crippen LogP contribution in [0.4, 0.5) is 8.78 Å². The molecule has 1 aliphatic carbocycles. The zero-order valence-corrected chi connectivity index (χ0v) is 19.6. The predicted molar refractivity (Wildman–Crippen MR) is 121 cm³/mol. The number of fused-ring (bicyclic) bond motifs is 1. The van der Waals surface area contributed by atoms with Crippen LogP contribution in [0.2, 0.25) is 0 Å². The molecular weight excluding hydrogens is 464 g/mol. The van der Waals surface area contributed by atoms with Gasteiger partial charge < -0.3 is 5.73 Å². The molecule has 2 aromatic rings. The van der Waals surface area contributed by atoms with E-state index in [9.17, 15) is 17.2 Å². The lowest BCUT2D eigenvalue weighted by molar-refractivity contribution is 0.0147. The smallest absolute Gasteiger partial charge is 0.250 e. The van der Waals surface area contributed by atoms with Gasteiger partial charge in [-0.3, -0.25) is 9.80 Å². The van der Waals surface area contributed by atoms with E-state index in [4.69, 9.17) is 5.73 Å². The zero-order valence-electron chi connectivity index (χ0n) is 18.8. The highest BCUT2D eigenvalue weighted by atomic mass is 32.2. The van der Waals surface area contributed by atoms with Crippen molar-refractivity contribution in [3.8, 4) is 0 Å². The van der Waals surface area contributed by atoms with Crippen molar-refractivity contribution < 1.29 is 17.2 Å². The van der Waals surface area contributed by atoms with Gasteiger partial charge in [0, 0.05) is 86.4 Å². The highest BCUT2D eigenvalue weighted by molar-refractivity contribution is 7.89. The molecule has 4 atom stereocenters. The number of halogens is 2. The second kappa shape index (κ2) is 8.91. The number of hydrogen-bond donors (Lipinski definition) is 1. The number of likely N-dealkylation sites (tertiary alicyclic amines) is 1. The highest BCUT2D eigenvalue weighted by Gasteiger charge is 2.44. The molecule has 0 saturated carbocycles. The maximum absolute atomic E-state index is 14.8. The molecule has 2 aliphatic heterocycles. The standard InChI is InChI=1S/C22H27F2N7O2S/c1-34(32,33)31-10-15-9-29(12-21(15)28-31)17-5-20(25)22(18-4-16(23)2-3-19(18)24)30(11-17)8-14-6-26-13-27-7-14/h2-3,6-7,10,13,17-18,20,22H,4-5,8-9,11-12,25H2,1H3/t17?,18?,20?,22-/m1/s1. The van der Waals surface area contributed by atoms with Crippen molar-refractivity contribution in [2.45, 2.75) is 50.6 Å². The molecule has 1 fully saturated rings. The van der Waals surface area contributed by atoms with Gasteiger partial charge in [0.1, 0.15) is 18.0 Å². The van der Waals surface area contributed by atoms with Crippen molar-refractivity contribution in [3.63, 3.8) is 0 Å². The molecule has 0 radical (unpaired) electrons. The number of aromatic nitrogens is 4. The van der Waals surface area contributed by atoms with Crippen LogP contribution in [0, 0.1) is 5.92 Å². The van der Waals surface area contributed by atoms with Gasteiger partial charge in [-0.2, -0.15) is 9.19 Å². The molecule has 4 heterocycles. The average Bonchev–Trinajstić information content (AvgIpc) is 3.36. The minimum atomic E-state index is -3.43. The Bertz CT molecular complexity index is 1210. The van der Waals surface area contributed by atoms with Crippen LogP contribution in [0.5, 0.6) is 0 Å². The van der Waals surface area contributed by atoms with Crippen LogP contribution in [-0.4, -0.2) is 68.3 Å². The van der Waals surface area contributed by atoms with Crippen molar-refractivity contribution >= 4 is 10.0 Å². The van der Waals surface area contributed by atoms with E-state index in [2.05, 4.69) is 24.9 Å². The van der Waals surface area contributed by atoms with Crippen LogP contribution in [0.3, 0.4) is 0 Å². The number of hydrogen-bond acceptors (Lipinski definition) is 8. The van der Waals surface area contributed by atoms with E-state index in [1.807, 2.05) is 0 Å². The molecule has 182 valence electrons. The Labute approximate surface area is 197 Å². The Morgan fingerprint density at radius 3 is 2.65 bits per heavy atom. The molecule has 12 heteroatoms. The number of nitrogens with zero attached hydrogens (tertiary/aromatic N) is 6. The Morgan fingerprint density at radius 2 is 1.94 bits per heavy atom. The van der Waals surface area contributed by atoms with Crippen molar-refractivity contribution in [1.82, 2.24) is 29.0 Å². The van der Waals surface area contributed by atoms with Gasteiger partial charge in [-0.1, -0.05) is 0 Å². The number of nitrogens with two attached hydrogens (primary N) is 1. The summed E-state index contributed by atoms with van der Waals surface area (Å²) in [7, 11) is -3.43. The molecule has 9 nitrogen and oxygen atoms in total. The molecule has 0 bridgehead atoms. The molecule has 0 spiro atoms. The fraction of sp³-hybridized carbons (Fsp3) is 0.500. The fourth-order valence-electron chi connectivity index (χ4n) is 5.36. The summed E-state index contributed by atoms with van der Waals surface area (Å²) in [6.07, 6.45) is 10.5. The van der Waals surface area contributed by atoms with Crippen LogP contribution in [-0.2, 0) is 29.7 Å². The molecule has 2 N–H and O–H groups in total. The summed E-state index contributed by atoms with van der Waals surface area (Å²) in [5.41, 5.74) is 9.12. The van der Waals surface area contributed by atoms with E-state index >= 15 is 0 Å². The van der Waals surface area contributed by atoms with Crippen LogP contribution < -0.4 is 5.73 Å². The third-order valence-electron chi connectivity index (χ3n) is 6.89. The number of allylic oxidation sites excluding steroid dienone is 3. The van der Waals surface area contributed by atoms with Gasteiger partial charge >= 0.3 is 0 Å². The number of rotatable bonds is 5. The molecule has 3 unspecified atom stereocenters. The van der Waals surface area contributed by atoms with Crippen LogP contribution in [0.1, 0.15) is 29.7 Å². The highest BCUT2D eigenvalue weighted by Crippen LogP contribution is 2.38. The van der Waals surface area contributed by atoms with Gasteiger partial charge in [0.2, 0.25) is 0 Å². The summed E-state index contributed by atoms with van der Waals surface area (Å²) < 4.78 is 53.6. The largest absolute Gasteiger partial charge is 0.326 e. The SMILES string of the molecule is CS(=O)(=O)n1cc2c(n1)CN(C1CC(N)[C@@H](C3CC(F)=CC=C3F)N(Cc3cncnc3)C1)C2. The van der Waals surface area contributed by atoms with Crippen LogP contribution in [0.15, 0.2) is 48.7 Å². The maximum Gasteiger partial charge on any atom is 0.250 e. The lowest BCUT2D eigenvalue weighted by Gasteiger charge is -2.48. The average molecular weight is 492 g/mol. The molecular formula is C22H27F2N7O2S. The Balaban J connectivity index is 1.38. The second-order valence-electron chi connectivity index (χ2n) is 9.34. The minimum Gasteiger partial charge on any atom is -0.326 e. The molecule has 3 aliphatic rings. The van der Waals surface area contributed by atoms with Crippen molar-refractivity contribution in [3.05, 3.63) is 65.5 Å². The van der Waals surface area contributed by atoms with E-state index < -0.39 is 15.9 Å². The van der Waals surface area contributed by atoms with Gasteiger partial charge in [0.15, 0.2) is 0 Å². The van der Waals surface area contributed by atoms with E-state index in [-0.39, 0.29) is 36.2 Å². The van der Waals surface area contributed by atoms with Crippen molar-refractivity contribution in [1.29, 1.82) is 0 Å². The first-order valence-corrected chi connectivity index (χ1v) is 13.0. The van der Waals surface area contributed by atoms with Gasteiger partial charge in [-0.25, -0.2) is 27.2 Å². The first-order chi connectivity index (χ1) is 16.2. The van der Waals surface area contributed by atoms with Gasteiger partial charge in [-0.05, 0) is 18.6 Å². The predicted octanol–water partition coefficient (Wildman–Crippen LogP) is 1.49. The molecule has 0 amide bonds. The fourth-order valence-corrected chi connectivity index (χ4v) is 5.92. The molecule has 5 rings (SSSR count). The first kappa shape index (κ1) is 23.2. The Morgan fingerprint density at radius 1 is 1.18 bits per heavy atom. The number of piperidine rings is 1. The second-order valence-corrected chi connectivity index (χ2v) is 11.2. The summed E-state index contributed by atoms with van der Waals surface area (Å²) in [5.74, 6) is -1.36. The van der Waals surface area contributed by atoms with E-state index in [1.165, 1.54) is 18.5 Å². The van der Waals surface area contributed by atoms with Gasteiger partial charge in [0.25, 0.3) is 10.0 Å². The normalized spacial score (nSPS) is 28.5. The first-order valence-electron chi connectivity index (χ1n) is 11.2. The summed E-state index contributed by atoms with van der Waals surface area (Å²) in [6.45, 7) is 2.13. The minimum absolute atomic E-state index is 0.0120. The Kier molecular flexibility index (Phi) is 6.09. The van der Waals surface area contributed by atoms with E-state index in [0.717, 1.165) is 27.2 Å². The quantitative estimate of drug-likeness (QED) is 0.670. The third kappa shape index (κ3) is 4.54. The van der Waals surface area contributed by atoms with Gasteiger partial charge in [0.05, 0.1) is 11.9 Å². The van der Waals surface area contributed by atoms with E-state index in [0.29, 0.717) is 32.6 Å². The summed E-state index contributed by atoms with van der Waals surface area (Å²) >= 11 is 0. The van der Waals surface area contributed by atoms with Crippen molar-refractivity contribution in [2.75, 3.05) is 12.8 Å². The van der Waals surface area contributed by atoms with Crippen molar-refractivity contribution in [2.24, 2.45) is 11.7 Å². The molecule has 1 saturated heterocycles. The summed E-state index contributed by atoms with van der Waals surface area (Å²) in [6, 6.07) is -0.721. The van der Waals surface area contributed by atoms with Crippen LogP contribution in [0.25, 0.3) is 0 Å². The summed E-state index contributed by atoms with van der Waals surface area (Å²) in [4.78, 5) is 12.5. The lowest BCUT2D eigenvalue weighted by Crippen LogP contribution is -2.62. The molecule has 2 aromatic heterocycles. The monoisotopic (exact) mass is 491 g/mol. The topological polar surface area (TPSA) is 110 Å². The Hall–Kier alpha value is -2.54. The van der Waals surface area contributed by atoms with Crippen LogP contribution >= 0.6 is 0 Å². The van der Waals surface area contributed by atoms with E-state index in [1.54, 1.807) is 18.6 Å². The molecule has 0 aromatic carbocycles. The third-order valence-corrected chi connectivity index (χ3v) is 7.76. The zero-order chi connectivity index (χ0) is 24.0. The summed E-state index contributed by atoms with van der Waals surface area (Å²) in [5, 5.41) is 4.24. The lowest BCUT2D eigenvalue weighted by atomic mass is 9.80. The van der Waals surface area contributed by atoms with Gasteiger partial charge in [-0.15, -0.1) is 0 Å². The molecule has 34 heavy (non-hydrogen) atoms. The maximum atomic E-state index is 14.8.